The Labute approximate surface area is 167 Å². The number of amides is 4. The first-order valence-electron chi connectivity index (χ1n) is 9.72. The molecule has 29 heavy (non-hydrogen) atoms. The lowest BCUT2D eigenvalue weighted by atomic mass is 10.1. The van der Waals surface area contributed by atoms with Gasteiger partial charge in [0.15, 0.2) is 6.04 Å². The van der Waals surface area contributed by atoms with Crippen molar-refractivity contribution in [1.29, 1.82) is 0 Å². The third-order valence-electron chi connectivity index (χ3n) is 5.53. The molecular formula is C20H21N3O6. The second-order valence-corrected chi connectivity index (χ2v) is 7.19. The van der Waals surface area contributed by atoms with E-state index < -0.39 is 35.8 Å². The molecule has 0 spiro atoms. The van der Waals surface area contributed by atoms with Gasteiger partial charge in [-0.1, -0.05) is 12.1 Å². The first-order chi connectivity index (χ1) is 14.0. The highest BCUT2D eigenvalue weighted by atomic mass is 16.5. The first-order valence-corrected chi connectivity index (χ1v) is 9.72. The van der Waals surface area contributed by atoms with E-state index in [4.69, 9.17) is 4.74 Å². The highest BCUT2D eigenvalue weighted by Crippen LogP contribution is 2.31. The van der Waals surface area contributed by atoms with Gasteiger partial charge in [0.1, 0.15) is 6.04 Å². The van der Waals surface area contributed by atoms with Crippen LogP contribution in [0, 0.1) is 0 Å². The summed E-state index contributed by atoms with van der Waals surface area (Å²) in [6.45, 7) is 2.11. The smallest absolute Gasteiger partial charge is 0.330 e. The Balaban J connectivity index is 1.70. The van der Waals surface area contributed by atoms with Gasteiger partial charge < -0.3 is 4.74 Å². The van der Waals surface area contributed by atoms with Crippen molar-refractivity contribution in [3.63, 3.8) is 0 Å². The van der Waals surface area contributed by atoms with Crippen molar-refractivity contribution < 1.29 is 28.7 Å². The molecule has 2 saturated heterocycles. The van der Waals surface area contributed by atoms with Crippen LogP contribution in [-0.4, -0.2) is 69.8 Å². The Hall–Kier alpha value is -3.23. The van der Waals surface area contributed by atoms with Crippen LogP contribution in [0.3, 0.4) is 0 Å². The lowest BCUT2D eigenvalue weighted by molar-refractivity contribution is -0.183. The van der Waals surface area contributed by atoms with Gasteiger partial charge in [-0.2, -0.15) is 0 Å². The van der Waals surface area contributed by atoms with Gasteiger partial charge in [0, 0.05) is 13.0 Å². The predicted molar refractivity (Wildman–Crippen MR) is 98.2 cm³/mol. The van der Waals surface area contributed by atoms with Crippen molar-refractivity contribution >= 4 is 29.6 Å². The van der Waals surface area contributed by atoms with E-state index in [9.17, 15) is 24.0 Å². The molecule has 152 valence electrons. The van der Waals surface area contributed by atoms with Crippen molar-refractivity contribution in [3.8, 4) is 0 Å². The molecule has 3 heterocycles. The molecule has 3 aliphatic heterocycles. The number of imide groups is 1. The Morgan fingerprint density at radius 2 is 1.72 bits per heavy atom. The number of hydrogen-bond acceptors (Lipinski definition) is 6. The molecule has 9 nitrogen and oxygen atoms in total. The van der Waals surface area contributed by atoms with Gasteiger partial charge in [-0.3, -0.25) is 29.1 Å². The minimum absolute atomic E-state index is 0.00411. The second-order valence-electron chi connectivity index (χ2n) is 7.19. The average Bonchev–Trinajstić information content (AvgIpc) is 2.90. The van der Waals surface area contributed by atoms with Crippen LogP contribution in [0.25, 0.3) is 0 Å². The molecule has 0 bridgehead atoms. The highest BCUT2D eigenvalue weighted by molar-refractivity contribution is 6.23. The number of benzene rings is 1. The average molecular weight is 399 g/mol. The van der Waals surface area contributed by atoms with Gasteiger partial charge in [-0.25, -0.2) is 9.80 Å². The van der Waals surface area contributed by atoms with E-state index in [-0.39, 0.29) is 36.5 Å². The zero-order chi connectivity index (χ0) is 20.7. The zero-order valence-electron chi connectivity index (χ0n) is 16.0. The summed E-state index contributed by atoms with van der Waals surface area (Å²) < 4.78 is 5.09. The summed E-state index contributed by atoms with van der Waals surface area (Å²) in [6.07, 6.45) is 0.918. The van der Waals surface area contributed by atoms with Crippen LogP contribution < -0.4 is 0 Å². The minimum Gasteiger partial charge on any atom is -0.464 e. The van der Waals surface area contributed by atoms with E-state index >= 15 is 0 Å². The van der Waals surface area contributed by atoms with Gasteiger partial charge in [0.25, 0.3) is 17.7 Å². The molecule has 1 aromatic carbocycles. The van der Waals surface area contributed by atoms with E-state index in [1.54, 1.807) is 19.1 Å². The van der Waals surface area contributed by atoms with Gasteiger partial charge in [-0.05, 0) is 38.3 Å². The lowest BCUT2D eigenvalue weighted by Crippen LogP contribution is -2.62. The normalized spacial score (nSPS) is 24.4. The number of rotatable bonds is 3. The Kier molecular flexibility index (Phi) is 4.81. The summed E-state index contributed by atoms with van der Waals surface area (Å²) >= 11 is 0. The van der Waals surface area contributed by atoms with E-state index in [1.807, 2.05) is 0 Å². The maximum Gasteiger partial charge on any atom is 0.330 e. The number of fused-ring (bicyclic) bond motifs is 2. The summed E-state index contributed by atoms with van der Waals surface area (Å²) in [4.78, 5) is 65.2. The second kappa shape index (κ2) is 7.31. The number of ether oxygens (including phenoxy) is 1. The van der Waals surface area contributed by atoms with Crippen molar-refractivity contribution in [1.82, 2.24) is 14.9 Å². The van der Waals surface area contributed by atoms with Gasteiger partial charge in [0.05, 0.1) is 17.7 Å². The summed E-state index contributed by atoms with van der Waals surface area (Å²) in [5.74, 6) is -2.64. The maximum atomic E-state index is 13.5. The van der Waals surface area contributed by atoms with E-state index in [0.717, 1.165) is 9.91 Å². The van der Waals surface area contributed by atoms with Crippen molar-refractivity contribution in [2.24, 2.45) is 0 Å². The fraction of sp³-hybridized carbons (Fsp3) is 0.450. The van der Waals surface area contributed by atoms with Crippen LogP contribution in [0.5, 0.6) is 0 Å². The van der Waals surface area contributed by atoms with E-state index in [2.05, 4.69) is 0 Å². The SMILES string of the molecule is CCOC(=O)C1CCCN2C(=O)CC[C@H](N3C(=O)c4ccccc4C3=O)C(=O)N12. The van der Waals surface area contributed by atoms with Crippen LogP contribution in [-0.2, 0) is 19.1 Å². The third-order valence-corrected chi connectivity index (χ3v) is 5.53. The van der Waals surface area contributed by atoms with Crippen LogP contribution in [0.2, 0.25) is 0 Å². The predicted octanol–water partition coefficient (Wildman–Crippen LogP) is 0.743. The Morgan fingerprint density at radius 3 is 2.34 bits per heavy atom. The molecule has 3 aliphatic rings. The topological polar surface area (TPSA) is 104 Å². The largest absolute Gasteiger partial charge is 0.464 e. The molecule has 4 amide bonds. The fourth-order valence-corrected chi connectivity index (χ4v) is 4.20. The number of hydrazine groups is 1. The highest BCUT2D eigenvalue weighted by Gasteiger charge is 2.50. The van der Waals surface area contributed by atoms with E-state index in [1.165, 1.54) is 17.1 Å². The fourth-order valence-electron chi connectivity index (χ4n) is 4.20. The van der Waals surface area contributed by atoms with E-state index in [0.29, 0.717) is 19.4 Å². The quantitative estimate of drug-likeness (QED) is 0.549. The summed E-state index contributed by atoms with van der Waals surface area (Å²) in [5.41, 5.74) is 0.469. The zero-order valence-corrected chi connectivity index (χ0v) is 16.0. The van der Waals surface area contributed by atoms with Gasteiger partial charge in [0.2, 0.25) is 5.91 Å². The van der Waals surface area contributed by atoms with Crippen molar-refractivity contribution in [2.45, 2.75) is 44.7 Å². The molecule has 0 N–H and O–H groups in total. The van der Waals surface area contributed by atoms with Crippen LogP contribution in [0.1, 0.15) is 53.3 Å². The molecule has 9 heteroatoms. The Bertz CT molecular complexity index is 878. The van der Waals surface area contributed by atoms with Crippen LogP contribution >= 0.6 is 0 Å². The number of nitrogens with zero attached hydrogens (tertiary/aromatic N) is 3. The molecule has 4 rings (SSSR count). The summed E-state index contributed by atoms with van der Waals surface area (Å²) in [5, 5.41) is 2.39. The number of esters is 1. The molecular weight excluding hydrogens is 378 g/mol. The maximum absolute atomic E-state index is 13.5. The number of carbonyl (C=O) groups is 5. The van der Waals surface area contributed by atoms with Gasteiger partial charge in [-0.15, -0.1) is 0 Å². The van der Waals surface area contributed by atoms with Crippen molar-refractivity contribution in [2.75, 3.05) is 13.2 Å². The standard InChI is InChI=1S/C20H21N3O6/c1-2-29-20(28)15-8-5-11-21-16(24)10-9-14(19(27)23(15)21)22-17(25)12-6-3-4-7-13(12)18(22)26/h3-4,6-7,14-15H,2,5,8-11H2,1H3/t14-,15?/m0/s1. The molecule has 2 atom stereocenters. The summed E-state index contributed by atoms with van der Waals surface area (Å²) in [6, 6.07) is 4.28. The molecule has 0 aromatic heterocycles. The first kappa shape index (κ1) is 19.1. The molecule has 1 unspecified atom stereocenters. The molecule has 0 aliphatic carbocycles. The lowest BCUT2D eigenvalue weighted by Gasteiger charge is -2.42. The summed E-state index contributed by atoms with van der Waals surface area (Å²) in [7, 11) is 0. The van der Waals surface area contributed by atoms with Crippen LogP contribution in [0.15, 0.2) is 24.3 Å². The third kappa shape index (κ3) is 2.97. The molecule has 1 aromatic rings. The van der Waals surface area contributed by atoms with Gasteiger partial charge >= 0.3 is 5.97 Å². The monoisotopic (exact) mass is 399 g/mol. The number of carbonyl (C=O) groups excluding carboxylic acids is 5. The molecule has 2 fully saturated rings. The van der Waals surface area contributed by atoms with Crippen molar-refractivity contribution in [3.05, 3.63) is 35.4 Å². The minimum atomic E-state index is -1.15. The van der Waals surface area contributed by atoms with Crippen LogP contribution in [0.4, 0.5) is 0 Å². The molecule has 0 radical (unpaired) electrons. The number of hydrogen-bond donors (Lipinski definition) is 0. The Morgan fingerprint density at radius 1 is 1.07 bits per heavy atom. The molecule has 0 saturated carbocycles.